The summed E-state index contributed by atoms with van der Waals surface area (Å²) < 4.78 is 0. The molecule has 1 aromatic rings. The standard InChI is InChI=1S/C14H19NO2/c1-10(2)11-5-6-12(13(16)9-11)14(17)15-7-3-4-8-15/h5-6,9-10,16H,3-4,7-8H2,1-2H3. The molecule has 0 aliphatic carbocycles. The van der Waals surface area contributed by atoms with Gasteiger partial charge in [0, 0.05) is 13.1 Å². The Kier molecular flexibility index (Phi) is 3.36. The van der Waals surface area contributed by atoms with Gasteiger partial charge in [-0.2, -0.15) is 0 Å². The van der Waals surface area contributed by atoms with Crippen LogP contribution in [0, 0.1) is 0 Å². The fourth-order valence-electron chi connectivity index (χ4n) is 2.18. The number of carbonyl (C=O) groups excluding carboxylic acids is 1. The molecule has 1 amide bonds. The van der Waals surface area contributed by atoms with Crippen LogP contribution < -0.4 is 0 Å². The molecule has 0 bridgehead atoms. The van der Waals surface area contributed by atoms with Gasteiger partial charge in [0.25, 0.3) is 5.91 Å². The normalized spacial score (nSPS) is 15.6. The molecule has 0 radical (unpaired) electrons. The van der Waals surface area contributed by atoms with E-state index in [0.29, 0.717) is 11.5 Å². The van der Waals surface area contributed by atoms with E-state index in [1.807, 2.05) is 11.0 Å². The minimum atomic E-state index is -0.0460. The third-order valence-electron chi connectivity index (χ3n) is 3.31. The van der Waals surface area contributed by atoms with Gasteiger partial charge in [-0.1, -0.05) is 19.9 Å². The Hall–Kier alpha value is -1.51. The highest BCUT2D eigenvalue weighted by Crippen LogP contribution is 2.25. The molecule has 1 aliphatic rings. The van der Waals surface area contributed by atoms with E-state index in [1.54, 1.807) is 12.1 Å². The zero-order valence-electron chi connectivity index (χ0n) is 10.4. The SMILES string of the molecule is CC(C)c1ccc(C(=O)N2CCCC2)c(O)c1. The van der Waals surface area contributed by atoms with Crippen molar-refractivity contribution in [1.82, 2.24) is 4.90 Å². The number of hydrogen-bond acceptors (Lipinski definition) is 2. The van der Waals surface area contributed by atoms with Gasteiger partial charge in [0.2, 0.25) is 0 Å². The minimum Gasteiger partial charge on any atom is -0.507 e. The highest BCUT2D eigenvalue weighted by atomic mass is 16.3. The Labute approximate surface area is 102 Å². The summed E-state index contributed by atoms with van der Waals surface area (Å²) in [5, 5.41) is 9.92. The maximum absolute atomic E-state index is 12.1. The first-order valence-corrected chi connectivity index (χ1v) is 6.22. The number of hydrogen-bond donors (Lipinski definition) is 1. The van der Waals surface area contributed by atoms with Gasteiger partial charge in [0.1, 0.15) is 5.75 Å². The molecule has 3 heteroatoms. The zero-order valence-corrected chi connectivity index (χ0v) is 10.4. The van der Waals surface area contributed by atoms with E-state index in [-0.39, 0.29) is 11.7 Å². The lowest BCUT2D eigenvalue weighted by Gasteiger charge is -2.16. The van der Waals surface area contributed by atoms with E-state index >= 15 is 0 Å². The van der Waals surface area contributed by atoms with E-state index < -0.39 is 0 Å². The maximum Gasteiger partial charge on any atom is 0.257 e. The van der Waals surface area contributed by atoms with Gasteiger partial charge in [0.05, 0.1) is 5.56 Å². The van der Waals surface area contributed by atoms with Crippen LogP contribution in [0.5, 0.6) is 5.75 Å². The van der Waals surface area contributed by atoms with Crippen LogP contribution in [0.15, 0.2) is 18.2 Å². The first-order chi connectivity index (χ1) is 8.09. The van der Waals surface area contributed by atoms with Crippen molar-refractivity contribution in [1.29, 1.82) is 0 Å². The monoisotopic (exact) mass is 233 g/mol. The summed E-state index contributed by atoms with van der Waals surface area (Å²) in [6.07, 6.45) is 2.13. The lowest BCUT2D eigenvalue weighted by atomic mass is 10.0. The smallest absolute Gasteiger partial charge is 0.257 e. The third-order valence-corrected chi connectivity index (χ3v) is 3.31. The molecular weight excluding hydrogens is 214 g/mol. The van der Waals surface area contributed by atoms with Gasteiger partial charge in [-0.05, 0) is 36.5 Å². The van der Waals surface area contributed by atoms with Crippen LogP contribution in [-0.4, -0.2) is 29.0 Å². The highest BCUT2D eigenvalue weighted by Gasteiger charge is 2.22. The molecule has 0 unspecified atom stereocenters. The molecule has 0 atom stereocenters. The van der Waals surface area contributed by atoms with Gasteiger partial charge in [-0.15, -0.1) is 0 Å². The van der Waals surface area contributed by atoms with E-state index in [4.69, 9.17) is 0 Å². The second-order valence-electron chi connectivity index (χ2n) is 4.93. The van der Waals surface area contributed by atoms with Crippen LogP contribution in [0.3, 0.4) is 0 Å². The number of benzene rings is 1. The quantitative estimate of drug-likeness (QED) is 0.853. The van der Waals surface area contributed by atoms with E-state index in [1.165, 1.54) is 0 Å². The number of carbonyl (C=O) groups is 1. The molecule has 3 nitrogen and oxygen atoms in total. The summed E-state index contributed by atoms with van der Waals surface area (Å²) in [7, 11) is 0. The number of nitrogens with zero attached hydrogens (tertiary/aromatic N) is 1. The van der Waals surface area contributed by atoms with Crippen molar-refractivity contribution >= 4 is 5.91 Å². The van der Waals surface area contributed by atoms with Crippen molar-refractivity contribution < 1.29 is 9.90 Å². The molecule has 92 valence electrons. The number of amides is 1. The highest BCUT2D eigenvalue weighted by molar-refractivity contribution is 5.97. The maximum atomic E-state index is 12.1. The lowest BCUT2D eigenvalue weighted by molar-refractivity contribution is 0.0790. The Morgan fingerprint density at radius 2 is 1.94 bits per heavy atom. The summed E-state index contributed by atoms with van der Waals surface area (Å²) in [6, 6.07) is 5.37. The first kappa shape index (κ1) is 12.0. The molecular formula is C14H19NO2. The van der Waals surface area contributed by atoms with Crippen molar-refractivity contribution in [3.8, 4) is 5.75 Å². The number of rotatable bonds is 2. The first-order valence-electron chi connectivity index (χ1n) is 6.22. The molecule has 2 rings (SSSR count). The summed E-state index contributed by atoms with van der Waals surface area (Å²) >= 11 is 0. The molecule has 1 heterocycles. The van der Waals surface area contributed by atoms with Crippen molar-refractivity contribution in [3.63, 3.8) is 0 Å². The number of phenolic OH excluding ortho intramolecular Hbond substituents is 1. The van der Waals surface area contributed by atoms with Crippen LogP contribution in [0.4, 0.5) is 0 Å². The predicted molar refractivity (Wildman–Crippen MR) is 67.3 cm³/mol. The molecule has 0 aromatic heterocycles. The van der Waals surface area contributed by atoms with Crippen molar-refractivity contribution in [2.24, 2.45) is 0 Å². The van der Waals surface area contributed by atoms with Gasteiger partial charge in [-0.25, -0.2) is 0 Å². The average molecular weight is 233 g/mol. The van der Waals surface area contributed by atoms with Crippen LogP contribution in [0.1, 0.15) is 48.5 Å². The second kappa shape index (κ2) is 4.78. The van der Waals surface area contributed by atoms with E-state index in [2.05, 4.69) is 13.8 Å². The Morgan fingerprint density at radius 1 is 1.29 bits per heavy atom. The Bertz CT molecular complexity index is 420. The van der Waals surface area contributed by atoms with Gasteiger partial charge in [-0.3, -0.25) is 4.79 Å². The minimum absolute atomic E-state index is 0.0460. The summed E-state index contributed by atoms with van der Waals surface area (Å²) in [4.78, 5) is 13.9. The molecule has 1 fully saturated rings. The molecule has 0 saturated carbocycles. The molecule has 17 heavy (non-hydrogen) atoms. The molecule has 1 aliphatic heterocycles. The zero-order chi connectivity index (χ0) is 12.4. The topological polar surface area (TPSA) is 40.5 Å². The molecule has 1 saturated heterocycles. The van der Waals surface area contributed by atoms with Crippen LogP contribution in [0.25, 0.3) is 0 Å². The molecule has 1 N–H and O–H groups in total. The van der Waals surface area contributed by atoms with E-state index in [9.17, 15) is 9.90 Å². The fourth-order valence-corrected chi connectivity index (χ4v) is 2.18. The van der Waals surface area contributed by atoms with Crippen molar-refractivity contribution in [2.45, 2.75) is 32.6 Å². The number of aromatic hydroxyl groups is 1. The van der Waals surface area contributed by atoms with Gasteiger partial charge < -0.3 is 10.0 Å². The average Bonchev–Trinajstić information content (AvgIpc) is 2.81. The van der Waals surface area contributed by atoms with Crippen molar-refractivity contribution in [3.05, 3.63) is 29.3 Å². The van der Waals surface area contributed by atoms with E-state index in [0.717, 1.165) is 31.5 Å². The number of likely N-dealkylation sites (tertiary alicyclic amines) is 1. The van der Waals surface area contributed by atoms with Gasteiger partial charge >= 0.3 is 0 Å². The molecule has 0 spiro atoms. The van der Waals surface area contributed by atoms with Crippen LogP contribution >= 0.6 is 0 Å². The van der Waals surface area contributed by atoms with Crippen LogP contribution in [0.2, 0.25) is 0 Å². The van der Waals surface area contributed by atoms with Crippen molar-refractivity contribution in [2.75, 3.05) is 13.1 Å². The Morgan fingerprint density at radius 3 is 2.47 bits per heavy atom. The predicted octanol–water partition coefficient (Wildman–Crippen LogP) is 2.75. The Balaban J connectivity index is 2.23. The summed E-state index contributed by atoms with van der Waals surface area (Å²) in [6.45, 7) is 5.75. The number of phenols is 1. The summed E-state index contributed by atoms with van der Waals surface area (Å²) in [5.41, 5.74) is 1.48. The molecule has 1 aromatic carbocycles. The second-order valence-corrected chi connectivity index (χ2v) is 4.93. The van der Waals surface area contributed by atoms with Crippen LogP contribution in [-0.2, 0) is 0 Å². The lowest BCUT2D eigenvalue weighted by Crippen LogP contribution is -2.27. The largest absolute Gasteiger partial charge is 0.507 e. The van der Waals surface area contributed by atoms with Gasteiger partial charge in [0.15, 0.2) is 0 Å². The summed E-state index contributed by atoms with van der Waals surface area (Å²) in [5.74, 6) is 0.417. The third kappa shape index (κ3) is 2.43. The fraction of sp³-hybridized carbons (Fsp3) is 0.500.